The number of likely N-dealkylation sites (N-methyl/N-ethyl adjacent to an activating group) is 1. The molecule has 1 aliphatic heterocycles. The van der Waals surface area contributed by atoms with E-state index >= 15 is 0 Å². The lowest BCUT2D eigenvalue weighted by Gasteiger charge is -2.28. The maximum absolute atomic E-state index is 11.4. The molecule has 2 aliphatic carbocycles. The summed E-state index contributed by atoms with van der Waals surface area (Å²) >= 11 is 0. The van der Waals surface area contributed by atoms with Gasteiger partial charge in [-0.3, -0.25) is 10.2 Å². The van der Waals surface area contributed by atoms with Crippen LogP contribution in [-0.2, 0) is 9.53 Å². The van der Waals surface area contributed by atoms with Crippen LogP contribution in [0.15, 0.2) is 0 Å². The minimum absolute atomic E-state index is 0.181. The first-order chi connectivity index (χ1) is 9.65. The summed E-state index contributed by atoms with van der Waals surface area (Å²) in [5.74, 6) is 7.84. The van der Waals surface area contributed by atoms with Crippen LogP contribution in [0.1, 0.15) is 38.5 Å². The highest BCUT2D eigenvalue weighted by atomic mass is 16.5. The number of amides is 1. The zero-order valence-corrected chi connectivity index (χ0v) is 12.4. The van der Waals surface area contributed by atoms with Crippen molar-refractivity contribution in [3.8, 4) is 0 Å². The molecule has 2 bridgehead atoms. The Morgan fingerprint density at radius 1 is 1.25 bits per heavy atom. The zero-order chi connectivity index (χ0) is 14.1. The summed E-state index contributed by atoms with van der Waals surface area (Å²) in [5, 5.41) is 0. The molecule has 5 heteroatoms. The number of hydrogen-bond acceptors (Lipinski definition) is 4. The Morgan fingerprint density at radius 3 is 2.75 bits per heavy atom. The molecule has 0 aromatic carbocycles. The first-order valence-electron chi connectivity index (χ1n) is 8.00. The molecule has 0 aromatic rings. The molecule has 3 aliphatic rings. The summed E-state index contributed by atoms with van der Waals surface area (Å²) in [6.45, 7) is 2.12. The van der Waals surface area contributed by atoms with Crippen LogP contribution in [0, 0.1) is 17.8 Å². The van der Waals surface area contributed by atoms with E-state index in [0.29, 0.717) is 0 Å². The van der Waals surface area contributed by atoms with E-state index in [1.54, 1.807) is 0 Å². The Balaban J connectivity index is 1.41. The van der Waals surface area contributed by atoms with E-state index in [9.17, 15) is 4.79 Å². The summed E-state index contributed by atoms with van der Waals surface area (Å²) in [4.78, 5) is 13.8. The highest BCUT2D eigenvalue weighted by molar-refractivity contribution is 5.80. The minimum atomic E-state index is -0.346. The van der Waals surface area contributed by atoms with Crippen molar-refractivity contribution in [2.24, 2.45) is 23.6 Å². The molecule has 114 valence electrons. The van der Waals surface area contributed by atoms with Gasteiger partial charge in [-0.2, -0.15) is 0 Å². The second-order valence-corrected chi connectivity index (χ2v) is 6.99. The standard InChI is InChI=1S/C15H27N3O2/c1-18(8-12-7-10-2-3-11(12)6-10)9-13-4-5-14(20-13)15(19)17-16/h10-14H,2-9,16H2,1H3,(H,17,19). The molecule has 3 fully saturated rings. The largest absolute Gasteiger partial charge is 0.364 e. The Hall–Kier alpha value is -0.650. The maximum Gasteiger partial charge on any atom is 0.263 e. The minimum Gasteiger partial charge on any atom is -0.364 e. The third-order valence-corrected chi connectivity index (χ3v) is 5.49. The van der Waals surface area contributed by atoms with E-state index in [1.807, 2.05) is 0 Å². The van der Waals surface area contributed by atoms with Gasteiger partial charge in [0.1, 0.15) is 6.10 Å². The lowest BCUT2D eigenvalue weighted by molar-refractivity contribution is -0.132. The van der Waals surface area contributed by atoms with E-state index in [0.717, 1.165) is 37.1 Å². The number of rotatable bonds is 5. The van der Waals surface area contributed by atoms with E-state index < -0.39 is 0 Å². The van der Waals surface area contributed by atoms with Crippen molar-refractivity contribution in [1.82, 2.24) is 10.3 Å². The first-order valence-corrected chi connectivity index (χ1v) is 8.00. The monoisotopic (exact) mass is 281 g/mol. The van der Waals surface area contributed by atoms with Gasteiger partial charge < -0.3 is 9.64 Å². The molecular formula is C15H27N3O2. The first kappa shape index (κ1) is 14.3. The normalized spacial score (nSPS) is 39.6. The van der Waals surface area contributed by atoms with Crippen molar-refractivity contribution in [1.29, 1.82) is 0 Å². The van der Waals surface area contributed by atoms with E-state index in [2.05, 4.69) is 17.4 Å². The average Bonchev–Trinajstić information content (AvgIpc) is 3.13. The Morgan fingerprint density at radius 2 is 2.10 bits per heavy atom. The molecule has 0 aromatic heterocycles. The van der Waals surface area contributed by atoms with Crippen LogP contribution in [0.3, 0.4) is 0 Å². The highest BCUT2D eigenvalue weighted by Gasteiger charge is 2.40. The quantitative estimate of drug-likeness (QED) is 0.446. The molecule has 0 spiro atoms. The Kier molecular flexibility index (Phi) is 4.29. The van der Waals surface area contributed by atoms with E-state index in [-0.39, 0.29) is 18.1 Å². The summed E-state index contributed by atoms with van der Waals surface area (Å²) < 4.78 is 5.78. The third kappa shape index (κ3) is 3.00. The van der Waals surface area contributed by atoms with Gasteiger partial charge in [-0.1, -0.05) is 6.42 Å². The van der Waals surface area contributed by atoms with Crippen molar-refractivity contribution in [2.45, 2.75) is 50.7 Å². The predicted octanol–water partition coefficient (Wildman–Crippen LogP) is 0.892. The summed E-state index contributed by atoms with van der Waals surface area (Å²) in [7, 11) is 2.19. The fourth-order valence-electron chi connectivity index (χ4n) is 4.55. The van der Waals surface area contributed by atoms with Gasteiger partial charge >= 0.3 is 0 Å². The molecule has 3 rings (SSSR count). The lowest BCUT2D eigenvalue weighted by Crippen LogP contribution is -2.40. The number of nitrogens with one attached hydrogen (secondary N) is 1. The molecule has 5 nitrogen and oxygen atoms in total. The fraction of sp³-hybridized carbons (Fsp3) is 0.933. The molecular weight excluding hydrogens is 254 g/mol. The van der Waals surface area contributed by atoms with Gasteiger partial charge in [0.2, 0.25) is 0 Å². The molecule has 1 heterocycles. The predicted molar refractivity (Wildman–Crippen MR) is 76.7 cm³/mol. The number of ether oxygens (including phenoxy) is 1. The van der Waals surface area contributed by atoms with Gasteiger partial charge in [-0.15, -0.1) is 0 Å². The van der Waals surface area contributed by atoms with Crippen LogP contribution in [0.4, 0.5) is 0 Å². The van der Waals surface area contributed by atoms with Crippen LogP contribution in [0.25, 0.3) is 0 Å². The fourth-order valence-corrected chi connectivity index (χ4v) is 4.55. The van der Waals surface area contributed by atoms with Crippen LogP contribution in [0.2, 0.25) is 0 Å². The number of nitrogens with two attached hydrogens (primary N) is 1. The summed E-state index contributed by atoms with van der Waals surface area (Å²) in [5.41, 5.74) is 2.18. The van der Waals surface area contributed by atoms with Gasteiger partial charge in [-0.05, 0) is 56.9 Å². The van der Waals surface area contributed by atoms with Crippen molar-refractivity contribution >= 4 is 5.91 Å². The summed E-state index contributed by atoms with van der Waals surface area (Å²) in [6.07, 6.45) is 7.39. The van der Waals surface area contributed by atoms with Crippen LogP contribution >= 0.6 is 0 Å². The van der Waals surface area contributed by atoms with Gasteiger partial charge in [-0.25, -0.2) is 5.84 Å². The number of fused-ring (bicyclic) bond motifs is 2. The van der Waals surface area contributed by atoms with Crippen molar-refractivity contribution in [3.63, 3.8) is 0 Å². The van der Waals surface area contributed by atoms with Crippen LogP contribution in [-0.4, -0.2) is 43.2 Å². The second-order valence-electron chi connectivity index (χ2n) is 6.99. The molecule has 5 atom stereocenters. The number of carbonyl (C=O) groups is 1. The van der Waals surface area contributed by atoms with Gasteiger partial charge in [0.15, 0.2) is 0 Å². The molecule has 2 saturated carbocycles. The zero-order valence-electron chi connectivity index (χ0n) is 12.4. The van der Waals surface area contributed by atoms with E-state index in [4.69, 9.17) is 10.6 Å². The number of hydrogen-bond donors (Lipinski definition) is 2. The molecule has 5 unspecified atom stereocenters. The van der Waals surface area contributed by atoms with Crippen LogP contribution < -0.4 is 11.3 Å². The number of carbonyl (C=O) groups excluding carboxylic acids is 1. The van der Waals surface area contributed by atoms with Crippen LogP contribution in [0.5, 0.6) is 0 Å². The Labute approximate surface area is 121 Å². The smallest absolute Gasteiger partial charge is 0.263 e. The van der Waals surface area contributed by atoms with Gasteiger partial charge in [0.25, 0.3) is 5.91 Å². The SMILES string of the molecule is CN(CC1CCC(C(=O)NN)O1)CC1CC2CCC1C2. The molecule has 1 saturated heterocycles. The summed E-state index contributed by atoms with van der Waals surface area (Å²) in [6, 6.07) is 0. The van der Waals surface area contributed by atoms with Crippen molar-refractivity contribution < 1.29 is 9.53 Å². The molecule has 0 radical (unpaired) electrons. The second kappa shape index (κ2) is 6.00. The number of hydrazine groups is 1. The van der Waals surface area contributed by atoms with Gasteiger partial charge in [0, 0.05) is 13.1 Å². The third-order valence-electron chi connectivity index (χ3n) is 5.49. The topological polar surface area (TPSA) is 67.6 Å². The highest BCUT2D eigenvalue weighted by Crippen LogP contribution is 2.48. The maximum atomic E-state index is 11.4. The lowest BCUT2D eigenvalue weighted by atomic mass is 9.88. The Bertz CT molecular complexity index is 363. The molecule has 20 heavy (non-hydrogen) atoms. The van der Waals surface area contributed by atoms with Gasteiger partial charge in [0.05, 0.1) is 6.10 Å². The molecule has 3 N–H and O–H groups in total. The van der Waals surface area contributed by atoms with Crippen molar-refractivity contribution in [2.75, 3.05) is 20.1 Å². The van der Waals surface area contributed by atoms with Crippen molar-refractivity contribution in [3.05, 3.63) is 0 Å². The number of nitrogens with zero attached hydrogens (tertiary/aromatic N) is 1. The van der Waals surface area contributed by atoms with E-state index in [1.165, 1.54) is 32.2 Å². The molecule has 1 amide bonds. The average molecular weight is 281 g/mol.